The number of hydrogen-bond donors (Lipinski definition) is 3. The predicted octanol–water partition coefficient (Wildman–Crippen LogP) is 1.41. The van der Waals surface area contributed by atoms with Gasteiger partial charge in [-0.2, -0.15) is 0 Å². The number of aromatic nitrogens is 4. The molecule has 4 aromatic rings. The molecule has 32 heavy (non-hydrogen) atoms. The fourth-order valence-corrected chi connectivity index (χ4v) is 3.95. The maximum absolute atomic E-state index is 10.6. The van der Waals surface area contributed by atoms with Gasteiger partial charge in [0.1, 0.15) is 48.5 Å². The van der Waals surface area contributed by atoms with Gasteiger partial charge in [-0.1, -0.05) is 0 Å². The standard InChI is InChI=1S/C22H23N5O5/c1-30-9-12-6-13-2-3-14(7-16(13)24-8-12)31-10-17-18(28)19(29)22(32-17)27-5-4-15-20(23)25-11-26-21(15)27/h2-8,11,17-19,22,28-29H,9-10H2,1H3,(H2,23,25,26)/t17-,18-,19-,22-/m1/s1. The minimum Gasteiger partial charge on any atom is -0.491 e. The van der Waals surface area contributed by atoms with Gasteiger partial charge >= 0.3 is 0 Å². The number of anilines is 1. The van der Waals surface area contributed by atoms with E-state index in [1.165, 1.54) is 6.33 Å². The van der Waals surface area contributed by atoms with Gasteiger partial charge in [0.25, 0.3) is 0 Å². The van der Waals surface area contributed by atoms with Gasteiger partial charge in [-0.15, -0.1) is 0 Å². The lowest BCUT2D eigenvalue weighted by Crippen LogP contribution is -2.34. The molecule has 0 aliphatic carbocycles. The van der Waals surface area contributed by atoms with E-state index in [9.17, 15) is 10.2 Å². The summed E-state index contributed by atoms with van der Waals surface area (Å²) in [5, 5.41) is 22.7. The quantitative estimate of drug-likeness (QED) is 0.409. The topological polar surface area (TPSA) is 138 Å². The molecule has 4 heterocycles. The first-order chi connectivity index (χ1) is 15.5. The summed E-state index contributed by atoms with van der Waals surface area (Å²) in [5.41, 5.74) is 8.17. The normalized spacial score (nSPS) is 23.2. The van der Waals surface area contributed by atoms with Crippen molar-refractivity contribution < 1.29 is 24.4 Å². The van der Waals surface area contributed by atoms with Gasteiger partial charge < -0.3 is 34.7 Å². The Bertz CT molecular complexity index is 1260. The van der Waals surface area contributed by atoms with Crippen LogP contribution in [-0.4, -0.2) is 61.8 Å². The van der Waals surface area contributed by atoms with Crippen molar-refractivity contribution in [3.8, 4) is 5.75 Å². The molecule has 4 atom stereocenters. The Balaban J connectivity index is 1.30. The lowest BCUT2D eigenvalue weighted by atomic mass is 10.1. The zero-order valence-electron chi connectivity index (χ0n) is 17.3. The highest BCUT2D eigenvalue weighted by Gasteiger charge is 2.44. The molecule has 0 bridgehead atoms. The third-order valence-electron chi connectivity index (χ3n) is 5.59. The van der Waals surface area contributed by atoms with E-state index in [4.69, 9.17) is 19.9 Å². The van der Waals surface area contributed by atoms with E-state index in [-0.39, 0.29) is 6.61 Å². The minimum absolute atomic E-state index is 0.0539. The molecule has 1 fully saturated rings. The second kappa shape index (κ2) is 8.32. The van der Waals surface area contributed by atoms with E-state index in [2.05, 4.69) is 15.0 Å². The molecule has 1 aliphatic rings. The Morgan fingerprint density at radius 2 is 2.00 bits per heavy atom. The first kappa shape index (κ1) is 20.6. The first-order valence-electron chi connectivity index (χ1n) is 10.1. The van der Waals surface area contributed by atoms with Gasteiger partial charge in [0.05, 0.1) is 17.5 Å². The monoisotopic (exact) mass is 437 g/mol. The van der Waals surface area contributed by atoms with Crippen LogP contribution in [0.25, 0.3) is 21.9 Å². The third-order valence-corrected chi connectivity index (χ3v) is 5.59. The molecule has 10 nitrogen and oxygen atoms in total. The Kier molecular flexibility index (Phi) is 5.35. The van der Waals surface area contributed by atoms with Crippen molar-refractivity contribution in [1.29, 1.82) is 0 Å². The smallest absolute Gasteiger partial charge is 0.164 e. The number of methoxy groups -OCH3 is 1. The number of aliphatic hydroxyl groups is 2. The zero-order chi connectivity index (χ0) is 22.2. The molecule has 5 rings (SSSR count). The number of ether oxygens (including phenoxy) is 3. The van der Waals surface area contributed by atoms with Crippen molar-refractivity contribution in [2.24, 2.45) is 0 Å². The zero-order valence-corrected chi connectivity index (χ0v) is 17.3. The molecule has 3 aromatic heterocycles. The number of pyridine rings is 1. The Morgan fingerprint density at radius 3 is 2.84 bits per heavy atom. The van der Waals surface area contributed by atoms with Crippen LogP contribution in [0.1, 0.15) is 11.8 Å². The van der Waals surface area contributed by atoms with E-state index in [1.54, 1.807) is 30.1 Å². The minimum atomic E-state index is -1.16. The summed E-state index contributed by atoms with van der Waals surface area (Å²) in [6, 6.07) is 9.32. The molecular formula is C22H23N5O5. The maximum atomic E-state index is 10.6. The van der Waals surface area contributed by atoms with Crippen molar-refractivity contribution in [3.63, 3.8) is 0 Å². The molecule has 4 N–H and O–H groups in total. The second-order valence-corrected chi connectivity index (χ2v) is 7.71. The van der Waals surface area contributed by atoms with Crippen molar-refractivity contribution in [1.82, 2.24) is 19.5 Å². The van der Waals surface area contributed by atoms with Crippen LogP contribution in [0.2, 0.25) is 0 Å². The molecule has 0 spiro atoms. The van der Waals surface area contributed by atoms with Gasteiger partial charge in [-0.3, -0.25) is 4.98 Å². The van der Waals surface area contributed by atoms with Crippen molar-refractivity contribution in [2.45, 2.75) is 31.1 Å². The molecular weight excluding hydrogens is 414 g/mol. The van der Waals surface area contributed by atoms with Crippen LogP contribution >= 0.6 is 0 Å². The van der Waals surface area contributed by atoms with E-state index in [0.29, 0.717) is 29.2 Å². The van der Waals surface area contributed by atoms with Crippen LogP contribution in [-0.2, 0) is 16.1 Å². The van der Waals surface area contributed by atoms with Gasteiger partial charge in [-0.25, -0.2) is 9.97 Å². The van der Waals surface area contributed by atoms with E-state index >= 15 is 0 Å². The summed E-state index contributed by atoms with van der Waals surface area (Å²) in [6.45, 7) is 0.551. The van der Waals surface area contributed by atoms with Crippen molar-refractivity contribution in [2.75, 3.05) is 19.5 Å². The number of fused-ring (bicyclic) bond motifs is 2. The van der Waals surface area contributed by atoms with Gasteiger partial charge in [0, 0.05) is 31.0 Å². The molecule has 166 valence electrons. The largest absolute Gasteiger partial charge is 0.491 e. The highest BCUT2D eigenvalue weighted by atomic mass is 16.6. The van der Waals surface area contributed by atoms with E-state index in [0.717, 1.165) is 16.5 Å². The molecule has 10 heteroatoms. The average Bonchev–Trinajstić information content (AvgIpc) is 3.35. The molecule has 0 unspecified atom stereocenters. The summed E-state index contributed by atoms with van der Waals surface area (Å²) in [6.07, 6.45) is 0.949. The Hall–Kier alpha value is -3.31. The van der Waals surface area contributed by atoms with E-state index in [1.807, 2.05) is 24.3 Å². The second-order valence-electron chi connectivity index (χ2n) is 7.71. The first-order valence-corrected chi connectivity index (χ1v) is 10.1. The Morgan fingerprint density at radius 1 is 1.12 bits per heavy atom. The molecule has 0 amide bonds. The highest BCUT2D eigenvalue weighted by molar-refractivity contribution is 5.86. The van der Waals surface area contributed by atoms with Gasteiger partial charge in [0.15, 0.2) is 6.23 Å². The Labute approximate surface area is 183 Å². The van der Waals surface area contributed by atoms with Crippen LogP contribution in [0.3, 0.4) is 0 Å². The van der Waals surface area contributed by atoms with Crippen LogP contribution in [0, 0.1) is 0 Å². The molecule has 0 saturated carbocycles. The van der Waals surface area contributed by atoms with Crippen LogP contribution in [0.15, 0.2) is 49.1 Å². The van der Waals surface area contributed by atoms with Gasteiger partial charge in [0.2, 0.25) is 0 Å². The summed E-state index contributed by atoms with van der Waals surface area (Å²) in [5.74, 6) is 0.922. The average molecular weight is 437 g/mol. The van der Waals surface area contributed by atoms with E-state index < -0.39 is 24.5 Å². The summed E-state index contributed by atoms with van der Waals surface area (Å²) in [7, 11) is 1.64. The lowest BCUT2D eigenvalue weighted by Gasteiger charge is -2.17. The summed E-state index contributed by atoms with van der Waals surface area (Å²) >= 11 is 0. The van der Waals surface area contributed by atoms with Crippen LogP contribution in [0.5, 0.6) is 5.75 Å². The lowest BCUT2D eigenvalue weighted by molar-refractivity contribution is -0.0471. The molecule has 1 aliphatic heterocycles. The predicted molar refractivity (Wildman–Crippen MR) is 116 cm³/mol. The number of nitrogen functional groups attached to an aromatic ring is 1. The summed E-state index contributed by atoms with van der Waals surface area (Å²) in [4.78, 5) is 12.6. The number of hydrogen-bond acceptors (Lipinski definition) is 9. The van der Waals surface area contributed by atoms with Crippen LogP contribution in [0.4, 0.5) is 5.82 Å². The van der Waals surface area contributed by atoms with Crippen molar-refractivity contribution in [3.05, 3.63) is 54.6 Å². The number of benzene rings is 1. The molecule has 1 aromatic carbocycles. The maximum Gasteiger partial charge on any atom is 0.164 e. The fraction of sp³-hybridized carbons (Fsp3) is 0.318. The van der Waals surface area contributed by atoms with Gasteiger partial charge in [-0.05, 0) is 29.8 Å². The third kappa shape index (κ3) is 3.63. The SMILES string of the molecule is COCc1cnc2cc(OC[C@H]3O[C@@H](n4ccc5c(N)ncnc54)[C@H](O)[C@@H]3O)ccc2c1. The molecule has 0 radical (unpaired) electrons. The number of aliphatic hydroxyl groups excluding tert-OH is 2. The van der Waals surface area contributed by atoms with Crippen molar-refractivity contribution >= 4 is 27.8 Å². The number of nitrogens with two attached hydrogens (primary N) is 1. The molecule has 1 saturated heterocycles. The number of nitrogens with zero attached hydrogens (tertiary/aromatic N) is 4. The number of rotatable bonds is 6. The highest BCUT2D eigenvalue weighted by Crippen LogP contribution is 2.33. The fourth-order valence-electron chi connectivity index (χ4n) is 3.95. The van der Waals surface area contributed by atoms with Crippen LogP contribution < -0.4 is 10.5 Å². The summed E-state index contributed by atoms with van der Waals surface area (Å²) < 4.78 is 18.6.